The van der Waals surface area contributed by atoms with Gasteiger partial charge in [-0.15, -0.1) is 0 Å². The molecule has 0 saturated heterocycles. The second kappa shape index (κ2) is 10.3. The molecule has 2 heterocycles. The Kier molecular flexibility index (Phi) is 6.99. The van der Waals surface area contributed by atoms with Crippen LogP contribution in [-0.2, 0) is 6.42 Å². The minimum atomic E-state index is 0.157. The van der Waals surface area contributed by atoms with Gasteiger partial charge in [-0.25, -0.2) is 9.50 Å². The fourth-order valence-corrected chi connectivity index (χ4v) is 3.49. The lowest BCUT2D eigenvalue weighted by Crippen LogP contribution is -2.27. The van der Waals surface area contributed by atoms with E-state index in [9.17, 15) is 0 Å². The van der Waals surface area contributed by atoms with E-state index in [4.69, 9.17) is 24.7 Å². The first-order chi connectivity index (χ1) is 15.7. The molecule has 0 bridgehead atoms. The van der Waals surface area contributed by atoms with E-state index in [1.165, 1.54) is 0 Å². The van der Waals surface area contributed by atoms with Crippen molar-refractivity contribution in [1.29, 1.82) is 0 Å². The van der Waals surface area contributed by atoms with Gasteiger partial charge in [0.1, 0.15) is 18.1 Å². The minimum absolute atomic E-state index is 0.157. The topological polar surface area (TPSA) is 72.1 Å². The van der Waals surface area contributed by atoms with Gasteiger partial charge >= 0.3 is 0 Å². The zero-order valence-electron chi connectivity index (χ0n) is 18.4. The highest BCUT2D eigenvalue weighted by molar-refractivity contribution is 5.63. The Bertz CT molecular complexity index is 1140. The van der Waals surface area contributed by atoms with Crippen LogP contribution in [0.15, 0.2) is 66.7 Å². The number of aliphatic hydroxyl groups is 1. The van der Waals surface area contributed by atoms with Crippen LogP contribution in [0, 0.1) is 0 Å². The third-order valence-corrected chi connectivity index (χ3v) is 5.30. The summed E-state index contributed by atoms with van der Waals surface area (Å²) in [6.07, 6.45) is 0.642. The molecule has 2 aromatic heterocycles. The Morgan fingerprint density at radius 3 is 2.41 bits per heavy atom. The average Bonchev–Trinajstić information content (AvgIpc) is 3.23. The predicted molar refractivity (Wildman–Crippen MR) is 124 cm³/mol. The van der Waals surface area contributed by atoms with Gasteiger partial charge in [-0.3, -0.25) is 0 Å². The van der Waals surface area contributed by atoms with Crippen LogP contribution in [0.25, 0.3) is 16.9 Å². The Morgan fingerprint density at radius 1 is 0.938 bits per heavy atom. The molecule has 0 radical (unpaired) electrons. The summed E-state index contributed by atoms with van der Waals surface area (Å²) in [5.41, 5.74) is 3.98. The van der Waals surface area contributed by atoms with Crippen LogP contribution in [0.2, 0.25) is 0 Å². The SMILES string of the molecule is COc1ccc(-c2cccc3nc(Cc4ccc(OCCN(C)CCO)cc4)nn23)cc1. The van der Waals surface area contributed by atoms with E-state index in [2.05, 4.69) is 0 Å². The highest BCUT2D eigenvalue weighted by Crippen LogP contribution is 2.23. The predicted octanol–water partition coefficient (Wildman–Crippen LogP) is 3.30. The molecule has 32 heavy (non-hydrogen) atoms. The van der Waals surface area contributed by atoms with Crippen LogP contribution in [0.1, 0.15) is 11.4 Å². The van der Waals surface area contributed by atoms with Crippen molar-refractivity contribution in [2.75, 3.05) is 40.5 Å². The number of likely N-dealkylation sites (N-methyl/N-ethyl adjacent to an activating group) is 1. The number of benzene rings is 2. The van der Waals surface area contributed by atoms with Gasteiger partial charge < -0.3 is 19.5 Å². The number of hydrogen-bond donors (Lipinski definition) is 1. The molecule has 166 valence electrons. The van der Waals surface area contributed by atoms with Crippen molar-refractivity contribution >= 4 is 5.65 Å². The van der Waals surface area contributed by atoms with Crippen molar-refractivity contribution in [3.05, 3.63) is 78.1 Å². The second-order valence-electron chi connectivity index (χ2n) is 7.63. The molecule has 0 unspecified atom stereocenters. The number of ether oxygens (including phenoxy) is 2. The van der Waals surface area contributed by atoms with Gasteiger partial charge in [0.25, 0.3) is 0 Å². The molecule has 2 aromatic carbocycles. The summed E-state index contributed by atoms with van der Waals surface area (Å²) >= 11 is 0. The second-order valence-corrected chi connectivity index (χ2v) is 7.63. The number of hydrogen-bond acceptors (Lipinski definition) is 6. The highest BCUT2D eigenvalue weighted by Gasteiger charge is 2.10. The van der Waals surface area contributed by atoms with Crippen LogP contribution >= 0.6 is 0 Å². The first-order valence-electron chi connectivity index (χ1n) is 10.7. The van der Waals surface area contributed by atoms with Crippen LogP contribution in [0.3, 0.4) is 0 Å². The van der Waals surface area contributed by atoms with Crippen molar-refractivity contribution < 1.29 is 14.6 Å². The number of aliphatic hydroxyl groups excluding tert-OH is 1. The van der Waals surface area contributed by atoms with E-state index < -0.39 is 0 Å². The van der Waals surface area contributed by atoms with Crippen molar-refractivity contribution in [2.24, 2.45) is 0 Å². The van der Waals surface area contributed by atoms with Crippen LogP contribution in [0.4, 0.5) is 0 Å². The Labute approximate surface area is 187 Å². The van der Waals surface area contributed by atoms with E-state index in [1.54, 1.807) is 7.11 Å². The van der Waals surface area contributed by atoms with Gasteiger partial charge in [-0.2, -0.15) is 5.10 Å². The molecule has 0 saturated carbocycles. The number of aromatic nitrogens is 3. The molecule has 0 fully saturated rings. The molecule has 0 spiro atoms. The third-order valence-electron chi connectivity index (χ3n) is 5.30. The minimum Gasteiger partial charge on any atom is -0.497 e. The molecular weight excluding hydrogens is 404 g/mol. The smallest absolute Gasteiger partial charge is 0.156 e. The first kappa shape index (κ1) is 21.8. The lowest BCUT2D eigenvalue weighted by molar-refractivity contribution is 0.192. The monoisotopic (exact) mass is 432 g/mol. The molecule has 4 aromatic rings. The number of methoxy groups -OCH3 is 1. The molecule has 4 rings (SSSR count). The Balaban J connectivity index is 1.44. The van der Waals surface area contributed by atoms with Gasteiger partial charge in [0.15, 0.2) is 11.5 Å². The van der Waals surface area contributed by atoms with E-state index in [-0.39, 0.29) is 6.61 Å². The maximum absolute atomic E-state index is 8.94. The molecule has 0 atom stereocenters. The summed E-state index contributed by atoms with van der Waals surface area (Å²) in [5.74, 6) is 2.42. The van der Waals surface area contributed by atoms with Crippen molar-refractivity contribution in [1.82, 2.24) is 19.5 Å². The summed E-state index contributed by atoms with van der Waals surface area (Å²) in [6, 6.07) is 22.0. The first-order valence-corrected chi connectivity index (χ1v) is 10.7. The third kappa shape index (κ3) is 5.25. The Hall–Kier alpha value is -3.42. The van der Waals surface area contributed by atoms with Crippen LogP contribution in [-0.4, -0.2) is 65.1 Å². The maximum Gasteiger partial charge on any atom is 0.156 e. The summed E-state index contributed by atoms with van der Waals surface area (Å²) in [4.78, 5) is 6.74. The molecule has 7 nitrogen and oxygen atoms in total. The van der Waals surface area contributed by atoms with Crippen molar-refractivity contribution in [3.8, 4) is 22.8 Å². The molecule has 0 aliphatic heterocycles. The lowest BCUT2D eigenvalue weighted by Gasteiger charge is -2.15. The molecule has 1 N–H and O–H groups in total. The van der Waals surface area contributed by atoms with E-state index in [0.29, 0.717) is 19.6 Å². The Morgan fingerprint density at radius 2 is 1.69 bits per heavy atom. The fourth-order valence-electron chi connectivity index (χ4n) is 3.49. The van der Waals surface area contributed by atoms with E-state index in [0.717, 1.165) is 46.3 Å². The standard InChI is InChI=1S/C25H28N4O3/c1-28(14-16-30)15-17-32-22-10-6-19(7-11-22)18-24-26-25-5-3-4-23(29(25)27-24)20-8-12-21(31-2)13-9-20/h3-13,30H,14-18H2,1-2H3. The largest absolute Gasteiger partial charge is 0.497 e. The molecule has 0 aliphatic carbocycles. The van der Waals surface area contributed by atoms with E-state index in [1.807, 2.05) is 83.2 Å². The van der Waals surface area contributed by atoms with Crippen LogP contribution < -0.4 is 9.47 Å². The molecular formula is C25H28N4O3. The summed E-state index contributed by atoms with van der Waals surface area (Å²) in [7, 11) is 3.63. The number of nitrogens with zero attached hydrogens (tertiary/aromatic N) is 4. The van der Waals surface area contributed by atoms with Crippen molar-refractivity contribution in [2.45, 2.75) is 6.42 Å². The van der Waals surface area contributed by atoms with Crippen molar-refractivity contribution in [3.63, 3.8) is 0 Å². The number of fused-ring (bicyclic) bond motifs is 1. The van der Waals surface area contributed by atoms with Gasteiger partial charge in [-0.1, -0.05) is 18.2 Å². The summed E-state index contributed by atoms with van der Waals surface area (Å²) < 4.78 is 12.9. The van der Waals surface area contributed by atoms with Crippen LogP contribution in [0.5, 0.6) is 11.5 Å². The normalized spacial score (nSPS) is 11.2. The average molecular weight is 433 g/mol. The molecule has 0 aliphatic rings. The highest BCUT2D eigenvalue weighted by atomic mass is 16.5. The maximum atomic E-state index is 8.94. The molecule has 7 heteroatoms. The fraction of sp³-hybridized carbons (Fsp3) is 0.280. The zero-order chi connectivity index (χ0) is 22.3. The van der Waals surface area contributed by atoms with Gasteiger partial charge in [0.2, 0.25) is 0 Å². The quantitative estimate of drug-likeness (QED) is 0.415. The van der Waals surface area contributed by atoms with E-state index >= 15 is 0 Å². The number of rotatable bonds is 10. The number of pyridine rings is 1. The van der Waals surface area contributed by atoms with Gasteiger partial charge in [0, 0.05) is 25.1 Å². The van der Waals surface area contributed by atoms with Gasteiger partial charge in [0.05, 0.1) is 19.4 Å². The zero-order valence-corrected chi connectivity index (χ0v) is 18.4. The summed E-state index contributed by atoms with van der Waals surface area (Å²) in [5, 5.41) is 13.7. The summed E-state index contributed by atoms with van der Waals surface area (Å²) in [6.45, 7) is 2.15. The van der Waals surface area contributed by atoms with Gasteiger partial charge in [-0.05, 0) is 61.1 Å². The molecule has 0 amide bonds. The lowest BCUT2D eigenvalue weighted by atomic mass is 10.1.